The van der Waals surface area contributed by atoms with Crippen LogP contribution in [0.3, 0.4) is 0 Å². The number of benzene rings is 3. The van der Waals surface area contributed by atoms with E-state index in [0.29, 0.717) is 48.3 Å². The second-order valence-electron chi connectivity index (χ2n) is 15.7. The molecule has 70 heavy (non-hydrogen) atoms. The van der Waals surface area contributed by atoms with Crippen LogP contribution in [0.4, 0.5) is 17.1 Å². The van der Waals surface area contributed by atoms with Crippen molar-refractivity contribution in [3.63, 3.8) is 0 Å². The number of halogens is 1. The zero-order chi connectivity index (χ0) is 51.4. The largest absolute Gasteiger partial charge is 0.329 e. The molecule has 21 nitrogen and oxygen atoms in total. The topological polar surface area (TPSA) is 263 Å². The third-order valence-electron chi connectivity index (χ3n) is 10.4. The van der Waals surface area contributed by atoms with Crippen LogP contribution in [-0.4, -0.2) is 151 Å². The summed E-state index contributed by atoms with van der Waals surface area (Å²) in [6.07, 6.45) is 3.98. The number of para-hydroxylation sites is 3. The van der Waals surface area contributed by atoms with Crippen LogP contribution < -0.4 is 30.5 Å². The number of sulfonamides is 3. The molecule has 3 aliphatic rings. The number of rotatable bonds is 19. The minimum atomic E-state index is -3.45. The Kier molecular flexibility index (Phi) is 25.6. The van der Waals surface area contributed by atoms with Gasteiger partial charge < -0.3 is 16.4 Å². The average Bonchev–Trinajstić information content (AvgIpc) is 4.15. The van der Waals surface area contributed by atoms with Gasteiger partial charge in [-0.15, -0.1) is 0 Å². The molecule has 6 rings (SSSR count). The van der Waals surface area contributed by atoms with Gasteiger partial charge in [0.05, 0.1) is 35.7 Å². The maximum Gasteiger partial charge on any atom is 0.300 e. The monoisotopic (exact) mass is 1090 g/mol. The van der Waals surface area contributed by atoms with Crippen LogP contribution in [0.15, 0.2) is 91.0 Å². The molecule has 3 atom stereocenters. The lowest BCUT2D eigenvalue weighted by Gasteiger charge is -2.16. The number of alkyl halides is 1. The molecule has 0 aromatic heterocycles. The van der Waals surface area contributed by atoms with Gasteiger partial charge >= 0.3 is 18.5 Å². The molecule has 0 spiro atoms. The summed E-state index contributed by atoms with van der Waals surface area (Å²) in [4.78, 5) is 50.1. The van der Waals surface area contributed by atoms with Crippen LogP contribution in [-0.2, 0) is 44.5 Å². The first-order chi connectivity index (χ1) is 33.5. The summed E-state index contributed by atoms with van der Waals surface area (Å²) >= 11 is 3.09. The maximum atomic E-state index is 12.0. The molecule has 3 saturated heterocycles. The summed E-state index contributed by atoms with van der Waals surface area (Å²) < 4.78 is 77.4. The first-order valence-electron chi connectivity index (χ1n) is 22.3. The number of likely N-dealkylation sites (tertiary alicyclic amines) is 3. The molecule has 0 saturated carbocycles. The summed E-state index contributed by atoms with van der Waals surface area (Å²) in [6, 6.07) is 26.0. The average molecular weight is 1090 g/mol. The summed E-state index contributed by atoms with van der Waals surface area (Å²) in [5.41, 5.74) is 6.74. The van der Waals surface area contributed by atoms with Crippen LogP contribution >= 0.6 is 15.9 Å². The number of hydrogen-bond donors (Lipinski definition) is 6. The highest BCUT2D eigenvalue weighted by Gasteiger charge is 2.34. The molecule has 380 valence electrons. The van der Waals surface area contributed by atoms with E-state index in [-0.39, 0.29) is 86.2 Å². The molecule has 7 N–H and O–H groups in total. The van der Waals surface area contributed by atoms with Gasteiger partial charge in [-0.2, -0.15) is 0 Å². The van der Waals surface area contributed by atoms with Gasteiger partial charge in [0.1, 0.15) is 0 Å². The highest BCUT2D eigenvalue weighted by molar-refractivity contribution is 9.09. The predicted molar refractivity (Wildman–Crippen MR) is 274 cm³/mol. The number of nitrogens with one attached hydrogen (secondary N) is 5. The van der Waals surface area contributed by atoms with Crippen molar-refractivity contribution < 1.29 is 39.6 Å². The smallest absolute Gasteiger partial charge is 0.300 e. The van der Waals surface area contributed by atoms with Crippen LogP contribution in [0.25, 0.3) is 14.5 Å². The van der Waals surface area contributed by atoms with Crippen LogP contribution in [0.2, 0.25) is 0 Å². The van der Waals surface area contributed by atoms with Gasteiger partial charge in [0.25, 0.3) is 0 Å². The lowest BCUT2D eigenvalue weighted by atomic mass is 10.3. The molecule has 3 fully saturated rings. The number of carbonyl (C=O) groups is 3. The van der Waals surface area contributed by atoms with Crippen molar-refractivity contribution in [1.82, 2.24) is 25.3 Å². The summed E-state index contributed by atoms with van der Waals surface area (Å²) in [6.45, 7) is 23.4. The van der Waals surface area contributed by atoms with Gasteiger partial charge in [-0.1, -0.05) is 70.5 Å². The van der Waals surface area contributed by atoms with E-state index in [0.717, 1.165) is 32.2 Å². The van der Waals surface area contributed by atoms with Gasteiger partial charge in [0.15, 0.2) is 0 Å². The Morgan fingerprint density at radius 1 is 0.529 bits per heavy atom. The van der Waals surface area contributed by atoms with Gasteiger partial charge in [-0.25, -0.2) is 45.0 Å². The standard InChI is InChI=1S/2C15H20N4O3S.C8H12N2O2S.C7H9BrN2O/c2*1-16-14-8-5-10-19(14)15(20)12-17-9-11-23(21,22)18-13-6-3-2-4-7-13;9-6-7-13(11,12)10-8-4-2-1-3-5-8;1-9-6-3-2-4-10(6)7(11)5-8/h2*2-4,6-7,14,17-18H,5,8-12H2;1-5,10H,6-7,9H2;6H,2-5H2/t2*14-;;6-/m00.0/s1. The van der Waals surface area contributed by atoms with E-state index in [2.05, 4.69) is 55.3 Å². The molecule has 0 aliphatic carbocycles. The number of nitrogens with zero attached hydrogens (tertiary/aromatic N) is 6. The van der Waals surface area contributed by atoms with Crippen LogP contribution in [0.1, 0.15) is 38.5 Å². The predicted octanol–water partition coefficient (Wildman–Crippen LogP) is 3.41. The third-order valence-corrected chi connectivity index (χ3v) is 14.7. The van der Waals surface area contributed by atoms with E-state index < -0.39 is 30.1 Å². The zero-order valence-electron chi connectivity index (χ0n) is 38.7. The normalized spacial score (nSPS) is 17.4. The van der Waals surface area contributed by atoms with Gasteiger partial charge in [0.2, 0.25) is 47.8 Å². The van der Waals surface area contributed by atoms with E-state index >= 15 is 0 Å². The fourth-order valence-electron chi connectivity index (χ4n) is 6.97. The molecule has 25 heteroatoms. The molecular formula is C45H61BrN12O9S3. The Morgan fingerprint density at radius 3 is 1.11 bits per heavy atom. The van der Waals surface area contributed by atoms with Crippen LogP contribution in [0.5, 0.6) is 0 Å². The van der Waals surface area contributed by atoms with Gasteiger partial charge in [-0.05, 0) is 55.7 Å². The van der Waals surface area contributed by atoms with Crippen molar-refractivity contribution in [2.75, 3.05) is 89.1 Å². The Bertz CT molecular complexity index is 2450. The summed E-state index contributed by atoms with van der Waals surface area (Å²) in [5, 5.41) is 6.00. The van der Waals surface area contributed by atoms with E-state index in [1.807, 2.05) is 6.07 Å². The number of nitrogens with two attached hydrogens (primary N) is 1. The lowest BCUT2D eigenvalue weighted by Crippen LogP contribution is -2.41. The molecule has 3 heterocycles. The fraction of sp³-hybridized carbons (Fsp3) is 0.467. The molecule has 3 amide bonds. The lowest BCUT2D eigenvalue weighted by molar-refractivity contribution is -0.131. The first-order valence-corrected chi connectivity index (χ1v) is 28.4. The number of hydrogen-bond acceptors (Lipinski definition) is 12. The number of amides is 3. The second kappa shape index (κ2) is 30.7. The molecule has 3 aromatic carbocycles. The van der Waals surface area contributed by atoms with Crippen molar-refractivity contribution in [2.45, 2.75) is 57.0 Å². The van der Waals surface area contributed by atoms with Crippen molar-refractivity contribution in [1.29, 1.82) is 0 Å². The minimum Gasteiger partial charge on any atom is -0.329 e. The molecule has 0 unspecified atom stereocenters. The third kappa shape index (κ3) is 21.8. The number of anilines is 3. The highest BCUT2D eigenvalue weighted by Crippen LogP contribution is 2.20. The Hall–Kier alpha value is -5.85. The van der Waals surface area contributed by atoms with Gasteiger partial charge in [0, 0.05) is 75.6 Å². The van der Waals surface area contributed by atoms with Crippen molar-refractivity contribution in [2.24, 2.45) is 5.73 Å². The first kappa shape index (κ1) is 58.5. The fourth-order valence-corrected chi connectivity index (χ4v) is 10.2. The van der Waals surface area contributed by atoms with E-state index in [1.165, 1.54) is 0 Å². The van der Waals surface area contributed by atoms with E-state index in [1.54, 1.807) is 99.6 Å². The van der Waals surface area contributed by atoms with E-state index in [9.17, 15) is 39.6 Å². The van der Waals surface area contributed by atoms with Crippen LogP contribution in [0, 0.1) is 19.7 Å². The Labute approximate surface area is 420 Å². The molecule has 0 radical (unpaired) electrons. The zero-order valence-corrected chi connectivity index (χ0v) is 42.7. The highest BCUT2D eigenvalue weighted by atomic mass is 79.9. The number of carbonyl (C=O) groups excluding carboxylic acids is 3. The summed E-state index contributed by atoms with van der Waals surface area (Å²) in [7, 11) is -10.2. The summed E-state index contributed by atoms with van der Waals surface area (Å²) in [5.74, 6) is -0.581. The van der Waals surface area contributed by atoms with Gasteiger partial charge in [-0.3, -0.25) is 57.8 Å². The molecule has 0 bridgehead atoms. The minimum absolute atomic E-state index is 0.0310. The molecule has 3 aliphatic heterocycles. The molecule has 3 aromatic rings. The second-order valence-corrected chi connectivity index (χ2v) is 21.7. The van der Waals surface area contributed by atoms with E-state index in [4.69, 9.17) is 25.5 Å². The SMILES string of the molecule is NCCS(=O)(=O)Nc1ccccc1.[C-]#[N+][C@@H]1CCCN1C(=O)CBr.[C-]#[N+][C@@H]1CCCN1C(=O)CNCCS(=O)(=O)Nc1ccccc1.[C-]#[N+][C@@H]1CCCN1C(=O)CNCCS(=O)(=O)Nc1ccccc1. The van der Waals surface area contributed by atoms with Crippen molar-refractivity contribution >= 4 is 80.8 Å². The van der Waals surface area contributed by atoms with Crippen molar-refractivity contribution in [3.05, 3.63) is 125 Å². The Balaban J connectivity index is 0.000000258. The molecular weight excluding hydrogens is 1030 g/mol. The quantitative estimate of drug-likeness (QED) is 0.0574. The Morgan fingerprint density at radius 2 is 0.829 bits per heavy atom. The maximum absolute atomic E-state index is 12.0. The van der Waals surface area contributed by atoms with Crippen molar-refractivity contribution in [3.8, 4) is 0 Å².